The van der Waals surface area contributed by atoms with E-state index in [1.54, 1.807) is 7.11 Å². The Labute approximate surface area is 178 Å². The third kappa shape index (κ3) is 4.48. The monoisotopic (exact) mass is 427 g/mol. The predicted octanol–water partition coefficient (Wildman–Crippen LogP) is 4.11. The number of hydrogen-bond acceptors (Lipinski definition) is 6. The van der Waals surface area contributed by atoms with E-state index in [2.05, 4.69) is 5.10 Å². The van der Waals surface area contributed by atoms with Crippen LogP contribution in [-0.4, -0.2) is 34.2 Å². The van der Waals surface area contributed by atoms with Gasteiger partial charge in [0.2, 0.25) is 5.91 Å². The number of rotatable bonds is 6. The number of amides is 1. The molecular formula is C22H25N3O4S. The predicted molar refractivity (Wildman–Crippen MR) is 115 cm³/mol. The van der Waals surface area contributed by atoms with E-state index < -0.39 is 5.76 Å². The molecule has 1 aromatic carbocycles. The topological polar surface area (TPSA) is 77.6 Å². The van der Waals surface area contributed by atoms with Crippen LogP contribution in [-0.2, 0) is 11.3 Å². The fourth-order valence-electron chi connectivity index (χ4n) is 3.87. The van der Waals surface area contributed by atoms with Gasteiger partial charge < -0.3 is 14.1 Å². The van der Waals surface area contributed by atoms with Gasteiger partial charge in [0.05, 0.1) is 24.6 Å². The van der Waals surface area contributed by atoms with Gasteiger partial charge >= 0.3 is 5.76 Å². The largest absolute Gasteiger partial charge is 0.497 e. The Kier molecular flexibility index (Phi) is 6.32. The fourth-order valence-corrected chi connectivity index (χ4v) is 4.52. The average Bonchev–Trinajstić information content (AvgIpc) is 3.36. The molecule has 0 spiro atoms. The van der Waals surface area contributed by atoms with Crippen LogP contribution in [0.15, 0.2) is 51.0 Å². The number of thiophene rings is 1. The number of nitrogens with zero attached hydrogens (tertiary/aromatic N) is 3. The van der Waals surface area contributed by atoms with Gasteiger partial charge in [-0.1, -0.05) is 31.0 Å². The third-order valence-electron chi connectivity index (χ3n) is 5.45. The lowest BCUT2D eigenvalue weighted by atomic mass is 10.0. The van der Waals surface area contributed by atoms with Crippen LogP contribution in [0.3, 0.4) is 0 Å². The van der Waals surface area contributed by atoms with Crippen LogP contribution in [0.4, 0.5) is 0 Å². The third-order valence-corrected chi connectivity index (χ3v) is 6.31. The number of benzene rings is 1. The first-order chi connectivity index (χ1) is 14.7. The van der Waals surface area contributed by atoms with Crippen molar-refractivity contribution in [1.82, 2.24) is 14.7 Å². The molecule has 0 saturated carbocycles. The van der Waals surface area contributed by atoms with Crippen LogP contribution in [0.2, 0.25) is 0 Å². The molecule has 0 bridgehead atoms. The smallest absolute Gasteiger partial charge is 0.437 e. The molecule has 1 atom stereocenters. The molecule has 30 heavy (non-hydrogen) atoms. The Morgan fingerprint density at radius 3 is 2.80 bits per heavy atom. The summed E-state index contributed by atoms with van der Waals surface area (Å²) in [4.78, 5) is 28.0. The maximum atomic E-state index is 13.1. The first-order valence-corrected chi connectivity index (χ1v) is 11.1. The SMILES string of the molecule is COc1ccc([C@H]2CCCCCN2C(=O)CCn2nc(-c3cccs3)oc2=O)cc1. The van der Waals surface area contributed by atoms with Gasteiger partial charge in [-0.2, -0.15) is 4.68 Å². The molecule has 1 fully saturated rings. The van der Waals surface area contributed by atoms with Crippen molar-refractivity contribution in [3.05, 3.63) is 57.9 Å². The van der Waals surface area contributed by atoms with Gasteiger partial charge in [-0.05, 0) is 42.0 Å². The maximum absolute atomic E-state index is 13.1. The first-order valence-electron chi connectivity index (χ1n) is 10.2. The summed E-state index contributed by atoms with van der Waals surface area (Å²) in [7, 11) is 1.65. The molecule has 0 radical (unpaired) electrons. The zero-order chi connectivity index (χ0) is 20.9. The number of likely N-dealkylation sites (tertiary alicyclic amines) is 1. The Morgan fingerprint density at radius 1 is 1.23 bits per heavy atom. The molecular weight excluding hydrogens is 402 g/mol. The van der Waals surface area contributed by atoms with Gasteiger partial charge in [0.25, 0.3) is 5.89 Å². The first kappa shape index (κ1) is 20.4. The number of carbonyl (C=O) groups is 1. The van der Waals surface area contributed by atoms with E-state index in [4.69, 9.17) is 9.15 Å². The fraction of sp³-hybridized carbons (Fsp3) is 0.409. The van der Waals surface area contributed by atoms with Crippen molar-refractivity contribution in [2.24, 2.45) is 0 Å². The molecule has 158 valence electrons. The molecule has 2 aromatic heterocycles. The van der Waals surface area contributed by atoms with Crippen LogP contribution >= 0.6 is 11.3 Å². The van der Waals surface area contributed by atoms with Gasteiger partial charge in [0.1, 0.15) is 5.75 Å². The van der Waals surface area contributed by atoms with Crippen molar-refractivity contribution in [2.45, 2.75) is 44.7 Å². The molecule has 1 aliphatic heterocycles. The van der Waals surface area contributed by atoms with Crippen LogP contribution < -0.4 is 10.5 Å². The van der Waals surface area contributed by atoms with E-state index in [9.17, 15) is 9.59 Å². The normalized spacial score (nSPS) is 17.0. The van der Waals surface area contributed by atoms with Crippen molar-refractivity contribution in [1.29, 1.82) is 0 Å². The van der Waals surface area contributed by atoms with Gasteiger partial charge in [0, 0.05) is 13.0 Å². The molecule has 3 heterocycles. The molecule has 0 aliphatic carbocycles. The highest BCUT2D eigenvalue weighted by Gasteiger charge is 2.27. The summed E-state index contributed by atoms with van der Waals surface area (Å²) in [6, 6.07) is 11.7. The summed E-state index contributed by atoms with van der Waals surface area (Å²) < 4.78 is 11.7. The van der Waals surface area contributed by atoms with Crippen molar-refractivity contribution in [3.63, 3.8) is 0 Å². The molecule has 7 nitrogen and oxygen atoms in total. The maximum Gasteiger partial charge on any atom is 0.437 e. The van der Waals surface area contributed by atoms with Gasteiger partial charge in [-0.3, -0.25) is 4.79 Å². The second kappa shape index (κ2) is 9.30. The summed E-state index contributed by atoms with van der Waals surface area (Å²) in [5.74, 6) is 0.601. The number of carbonyl (C=O) groups excluding carboxylic acids is 1. The summed E-state index contributed by atoms with van der Waals surface area (Å²) in [6.07, 6.45) is 4.34. The van der Waals surface area contributed by atoms with Crippen molar-refractivity contribution < 1.29 is 13.9 Å². The zero-order valence-corrected chi connectivity index (χ0v) is 17.8. The highest BCUT2D eigenvalue weighted by atomic mass is 32.1. The number of methoxy groups -OCH3 is 1. The minimum Gasteiger partial charge on any atom is -0.497 e. The molecule has 0 N–H and O–H groups in total. The summed E-state index contributed by atoms with van der Waals surface area (Å²) in [5, 5.41) is 6.15. The second-order valence-corrected chi connectivity index (χ2v) is 8.30. The highest BCUT2D eigenvalue weighted by molar-refractivity contribution is 7.13. The molecule has 3 aromatic rings. The summed E-state index contributed by atoms with van der Waals surface area (Å²) >= 11 is 1.46. The molecule has 0 unspecified atom stereocenters. The van der Waals surface area contributed by atoms with E-state index in [-0.39, 0.29) is 24.9 Å². The van der Waals surface area contributed by atoms with E-state index >= 15 is 0 Å². The van der Waals surface area contributed by atoms with E-state index in [0.29, 0.717) is 5.89 Å². The van der Waals surface area contributed by atoms with Crippen molar-refractivity contribution >= 4 is 17.2 Å². The minimum atomic E-state index is -0.534. The van der Waals surface area contributed by atoms with Crippen LogP contribution in [0.5, 0.6) is 5.75 Å². The lowest BCUT2D eigenvalue weighted by molar-refractivity contribution is -0.134. The van der Waals surface area contributed by atoms with Crippen LogP contribution in [0.1, 0.15) is 43.7 Å². The quantitative estimate of drug-likeness (QED) is 0.592. The lowest BCUT2D eigenvalue weighted by Crippen LogP contribution is -2.35. The van der Waals surface area contributed by atoms with Crippen molar-refractivity contribution in [3.8, 4) is 16.5 Å². The average molecular weight is 428 g/mol. The standard InChI is InChI=1S/C22H25N3O4S/c1-28-17-10-8-16(9-11-17)18-6-3-2-4-13-24(18)20(26)12-14-25-22(27)29-21(23-25)19-7-5-15-30-19/h5,7-11,15,18H,2-4,6,12-14H2,1H3/t18-/m1/s1. The molecule has 1 amide bonds. The van der Waals surface area contributed by atoms with Gasteiger partial charge in [-0.25, -0.2) is 4.79 Å². The van der Waals surface area contributed by atoms with Crippen LogP contribution in [0.25, 0.3) is 10.8 Å². The highest BCUT2D eigenvalue weighted by Crippen LogP contribution is 2.31. The molecule has 1 saturated heterocycles. The Bertz CT molecular complexity index is 1020. The summed E-state index contributed by atoms with van der Waals surface area (Å²) in [6.45, 7) is 0.933. The van der Waals surface area contributed by atoms with E-state index in [1.165, 1.54) is 16.0 Å². The Hall–Kier alpha value is -2.87. The number of ether oxygens (including phenoxy) is 1. The molecule has 1 aliphatic rings. The summed E-state index contributed by atoms with van der Waals surface area (Å²) in [5.41, 5.74) is 1.12. The van der Waals surface area contributed by atoms with Gasteiger partial charge in [0.15, 0.2) is 0 Å². The Morgan fingerprint density at radius 2 is 2.07 bits per heavy atom. The number of aromatic nitrogens is 2. The Balaban J connectivity index is 1.47. The lowest BCUT2D eigenvalue weighted by Gasteiger charge is -2.30. The number of hydrogen-bond donors (Lipinski definition) is 0. The van der Waals surface area contributed by atoms with Crippen LogP contribution in [0, 0.1) is 0 Å². The van der Waals surface area contributed by atoms with E-state index in [1.807, 2.05) is 46.7 Å². The molecule has 4 rings (SSSR count). The minimum absolute atomic E-state index is 0.0327. The molecule has 8 heteroatoms. The second-order valence-electron chi connectivity index (χ2n) is 7.35. The van der Waals surface area contributed by atoms with Crippen molar-refractivity contribution in [2.75, 3.05) is 13.7 Å². The van der Waals surface area contributed by atoms with Gasteiger partial charge in [-0.15, -0.1) is 16.4 Å². The number of aryl methyl sites for hydroxylation is 1. The van der Waals surface area contributed by atoms with E-state index in [0.717, 1.165) is 48.4 Å². The zero-order valence-electron chi connectivity index (χ0n) is 17.0.